The molecule has 1 heterocycles. The Kier molecular flexibility index (Phi) is 4.07. The number of rotatable bonds is 4. The predicted molar refractivity (Wildman–Crippen MR) is 49.1 cm³/mol. The van der Waals surface area contributed by atoms with Gasteiger partial charge >= 0.3 is 12.0 Å². The monoisotopic (exact) mass is 288 g/mol. The molecule has 0 aliphatic heterocycles. The summed E-state index contributed by atoms with van der Waals surface area (Å²) in [7, 11) is 0.835. The van der Waals surface area contributed by atoms with Crippen molar-refractivity contribution in [3.63, 3.8) is 0 Å². The second kappa shape index (κ2) is 5.20. The third-order valence-corrected chi connectivity index (χ3v) is 1.80. The smallest absolute Gasteiger partial charge is 0.476 e. The number of methoxy groups -OCH3 is 1. The Morgan fingerprint density at radius 1 is 1.42 bits per heavy atom. The highest BCUT2D eigenvalue weighted by Gasteiger charge is 2.35. The van der Waals surface area contributed by atoms with Gasteiger partial charge in [-0.15, -0.1) is 13.2 Å². The zero-order valence-corrected chi connectivity index (χ0v) is 9.07. The second-order valence-corrected chi connectivity index (χ2v) is 3.01. The number of alkyl halides is 5. The molecule has 0 fully saturated rings. The van der Waals surface area contributed by atoms with Gasteiger partial charge in [-0.1, -0.05) is 0 Å². The molecule has 1 aromatic rings. The first-order chi connectivity index (χ1) is 8.65. The van der Waals surface area contributed by atoms with Gasteiger partial charge in [-0.25, -0.2) is 8.78 Å². The number of pyridine rings is 1. The SMILES string of the molecule is COc1nc(OC(F)(F)F)cc(C(F)F)c1[N+](=O)[O-]. The lowest BCUT2D eigenvalue weighted by Crippen LogP contribution is -2.18. The summed E-state index contributed by atoms with van der Waals surface area (Å²) < 4.78 is 68.7. The van der Waals surface area contributed by atoms with Gasteiger partial charge in [0.2, 0.25) is 5.88 Å². The Bertz CT molecular complexity index is 491. The molecule has 1 rings (SSSR count). The summed E-state index contributed by atoms with van der Waals surface area (Å²) in [6.07, 6.45) is -8.57. The van der Waals surface area contributed by atoms with Crippen LogP contribution in [0, 0.1) is 10.1 Å². The van der Waals surface area contributed by atoms with E-state index in [4.69, 9.17) is 0 Å². The molecule has 0 bridgehead atoms. The van der Waals surface area contributed by atoms with Crippen LogP contribution in [0.3, 0.4) is 0 Å². The molecule has 0 amide bonds. The summed E-state index contributed by atoms with van der Waals surface area (Å²) in [5, 5.41) is 10.6. The first-order valence-electron chi connectivity index (χ1n) is 4.43. The zero-order valence-electron chi connectivity index (χ0n) is 9.07. The van der Waals surface area contributed by atoms with Gasteiger partial charge < -0.3 is 9.47 Å². The van der Waals surface area contributed by atoms with E-state index in [1.165, 1.54) is 0 Å². The fourth-order valence-corrected chi connectivity index (χ4v) is 1.17. The Morgan fingerprint density at radius 3 is 2.37 bits per heavy atom. The highest BCUT2D eigenvalue weighted by atomic mass is 19.4. The van der Waals surface area contributed by atoms with Crippen LogP contribution in [0.5, 0.6) is 11.8 Å². The fourth-order valence-electron chi connectivity index (χ4n) is 1.17. The van der Waals surface area contributed by atoms with Gasteiger partial charge in [0.1, 0.15) is 5.56 Å². The lowest BCUT2D eigenvalue weighted by atomic mass is 10.2. The number of ether oxygens (including phenoxy) is 2. The molecule has 6 nitrogen and oxygen atoms in total. The molecular weight excluding hydrogens is 283 g/mol. The Morgan fingerprint density at radius 2 is 2.00 bits per heavy atom. The van der Waals surface area contributed by atoms with Crippen molar-refractivity contribution in [3.8, 4) is 11.8 Å². The van der Waals surface area contributed by atoms with E-state index in [0.717, 1.165) is 7.11 Å². The number of aromatic nitrogens is 1. The van der Waals surface area contributed by atoms with E-state index in [0.29, 0.717) is 0 Å². The summed E-state index contributed by atoms with van der Waals surface area (Å²) in [6, 6.07) is 0.138. The van der Waals surface area contributed by atoms with E-state index >= 15 is 0 Å². The normalized spacial score (nSPS) is 11.5. The Hall–Kier alpha value is -2.20. The first-order valence-corrected chi connectivity index (χ1v) is 4.43. The number of nitrogens with zero attached hydrogens (tertiary/aromatic N) is 2. The van der Waals surface area contributed by atoms with E-state index in [2.05, 4.69) is 14.5 Å². The molecule has 106 valence electrons. The summed E-state index contributed by atoms with van der Waals surface area (Å²) in [6.45, 7) is 0. The van der Waals surface area contributed by atoms with E-state index < -0.39 is 40.7 Å². The number of hydrogen-bond donors (Lipinski definition) is 0. The third-order valence-electron chi connectivity index (χ3n) is 1.80. The van der Waals surface area contributed by atoms with Gasteiger partial charge in [0.25, 0.3) is 12.3 Å². The molecule has 0 N–H and O–H groups in total. The molecule has 0 spiro atoms. The number of halogens is 5. The van der Waals surface area contributed by atoms with E-state index in [9.17, 15) is 32.1 Å². The fraction of sp³-hybridized carbons (Fsp3) is 0.375. The molecule has 0 radical (unpaired) electrons. The minimum atomic E-state index is -5.17. The van der Waals surface area contributed by atoms with Crippen LogP contribution in [0.4, 0.5) is 27.6 Å². The minimum Gasteiger partial charge on any atom is -0.476 e. The van der Waals surface area contributed by atoms with Crippen LogP contribution in [-0.4, -0.2) is 23.4 Å². The van der Waals surface area contributed by atoms with E-state index in [-0.39, 0.29) is 6.07 Å². The Balaban J connectivity index is 3.40. The van der Waals surface area contributed by atoms with Crippen LogP contribution in [0.25, 0.3) is 0 Å². The van der Waals surface area contributed by atoms with Crippen molar-refractivity contribution >= 4 is 5.69 Å². The average molecular weight is 288 g/mol. The highest BCUT2D eigenvalue weighted by molar-refractivity contribution is 5.51. The van der Waals surface area contributed by atoms with Crippen molar-refractivity contribution in [2.45, 2.75) is 12.8 Å². The molecule has 0 aromatic carbocycles. The van der Waals surface area contributed by atoms with Crippen LogP contribution in [0.15, 0.2) is 6.07 Å². The maximum Gasteiger partial charge on any atom is 0.574 e. The third kappa shape index (κ3) is 3.63. The number of nitro groups is 1. The van der Waals surface area contributed by atoms with Crippen molar-refractivity contribution in [3.05, 3.63) is 21.7 Å². The van der Waals surface area contributed by atoms with Crippen molar-refractivity contribution in [2.24, 2.45) is 0 Å². The maximum absolute atomic E-state index is 12.6. The van der Waals surface area contributed by atoms with Crippen LogP contribution >= 0.6 is 0 Å². The molecule has 1 aromatic heterocycles. The zero-order chi connectivity index (χ0) is 14.8. The first kappa shape index (κ1) is 14.9. The predicted octanol–water partition coefficient (Wildman–Crippen LogP) is 2.83. The van der Waals surface area contributed by atoms with Crippen molar-refractivity contribution in [2.75, 3.05) is 7.11 Å². The average Bonchev–Trinajstić information content (AvgIpc) is 2.24. The van der Waals surface area contributed by atoms with Gasteiger partial charge in [-0.2, -0.15) is 4.98 Å². The quantitative estimate of drug-likeness (QED) is 0.484. The lowest BCUT2D eigenvalue weighted by Gasteiger charge is -2.11. The van der Waals surface area contributed by atoms with Crippen LogP contribution in [-0.2, 0) is 0 Å². The summed E-state index contributed by atoms with van der Waals surface area (Å²) in [5.41, 5.74) is -2.50. The topological polar surface area (TPSA) is 74.5 Å². The second-order valence-electron chi connectivity index (χ2n) is 3.01. The van der Waals surface area contributed by atoms with Crippen molar-refractivity contribution in [1.82, 2.24) is 4.98 Å². The maximum atomic E-state index is 12.6. The van der Waals surface area contributed by atoms with Gasteiger partial charge in [-0.3, -0.25) is 10.1 Å². The lowest BCUT2D eigenvalue weighted by molar-refractivity contribution is -0.387. The molecule has 0 atom stereocenters. The minimum absolute atomic E-state index is 0.138. The molecule has 0 unspecified atom stereocenters. The summed E-state index contributed by atoms with van der Waals surface area (Å²) in [4.78, 5) is 12.4. The molecule has 0 aliphatic carbocycles. The van der Waals surface area contributed by atoms with E-state index in [1.54, 1.807) is 0 Å². The van der Waals surface area contributed by atoms with Gasteiger partial charge in [0.05, 0.1) is 12.0 Å². The largest absolute Gasteiger partial charge is 0.574 e. The summed E-state index contributed by atoms with van der Waals surface area (Å²) >= 11 is 0. The van der Waals surface area contributed by atoms with Crippen molar-refractivity contribution in [1.29, 1.82) is 0 Å². The van der Waals surface area contributed by atoms with Gasteiger partial charge in [0, 0.05) is 6.07 Å². The number of hydrogen-bond acceptors (Lipinski definition) is 5. The van der Waals surface area contributed by atoms with Gasteiger partial charge in [0.15, 0.2) is 0 Å². The highest BCUT2D eigenvalue weighted by Crippen LogP contribution is 2.38. The molecule has 11 heteroatoms. The molecule has 19 heavy (non-hydrogen) atoms. The van der Waals surface area contributed by atoms with Crippen LogP contribution in [0.2, 0.25) is 0 Å². The molecule has 0 saturated carbocycles. The van der Waals surface area contributed by atoms with Crippen LogP contribution < -0.4 is 9.47 Å². The molecular formula is C8H5F5N2O4. The molecule has 0 aliphatic rings. The Labute approximate surface area is 101 Å². The standard InChI is InChI=1S/C8H5F5N2O4/c1-18-7-5(15(16)17)3(6(9)10)2-4(14-7)19-8(11,12)13/h2,6H,1H3. The van der Waals surface area contributed by atoms with Crippen molar-refractivity contribution < 1.29 is 36.3 Å². The van der Waals surface area contributed by atoms with Crippen LogP contribution in [0.1, 0.15) is 12.0 Å². The van der Waals surface area contributed by atoms with Gasteiger partial charge in [-0.05, 0) is 0 Å². The molecule has 0 saturated heterocycles. The van der Waals surface area contributed by atoms with E-state index in [1.807, 2.05) is 0 Å². The summed E-state index contributed by atoms with van der Waals surface area (Å²) in [5.74, 6) is -2.27.